The van der Waals surface area contributed by atoms with Gasteiger partial charge in [0.2, 0.25) is 11.6 Å². The molecule has 17 heavy (non-hydrogen) atoms. The highest BCUT2D eigenvalue weighted by Crippen LogP contribution is 2.28. The van der Waals surface area contributed by atoms with Gasteiger partial charge in [-0.05, 0) is 12.8 Å². The molecule has 0 saturated carbocycles. The highest BCUT2D eigenvalue weighted by molar-refractivity contribution is 5.49. The van der Waals surface area contributed by atoms with E-state index in [4.69, 9.17) is 0 Å². The van der Waals surface area contributed by atoms with Gasteiger partial charge in [0.1, 0.15) is 5.69 Å². The zero-order valence-electron chi connectivity index (χ0n) is 8.76. The molecule has 1 aliphatic heterocycles. The van der Waals surface area contributed by atoms with E-state index in [9.17, 15) is 22.7 Å². The third-order valence-corrected chi connectivity index (χ3v) is 2.69. The van der Waals surface area contributed by atoms with Gasteiger partial charge >= 0.3 is 0 Å². The van der Waals surface area contributed by atoms with Crippen molar-refractivity contribution in [3.63, 3.8) is 0 Å². The Morgan fingerprint density at radius 2 is 1.71 bits per heavy atom. The van der Waals surface area contributed by atoms with E-state index in [1.165, 1.54) is 0 Å². The summed E-state index contributed by atoms with van der Waals surface area (Å²) in [6, 6.07) is 0. The molecular formula is C10H10F4N2O. The van der Waals surface area contributed by atoms with Gasteiger partial charge in [-0.1, -0.05) is 0 Å². The second-order valence-corrected chi connectivity index (χ2v) is 3.91. The van der Waals surface area contributed by atoms with Gasteiger partial charge in [0.05, 0.1) is 6.10 Å². The largest absolute Gasteiger partial charge is 0.391 e. The van der Waals surface area contributed by atoms with Crippen molar-refractivity contribution in [1.82, 2.24) is 4.98 Å². The number of rotatable bonds is 1. The van der Waals surface area contributed by atoms with Crippen LogP contribution in [0.4, 0.5) is 23.2 Å². The maximum absolute atomic E-state index is 13.4. The van der Waals surface area contributed by atoms with E-state index >= 15 is 0 Å². The van der Waals surface area contributed by atoms with Crippen LogP contribution in [0.3, 0.4) is 0 Å². The molecule has 0 radical (unpaired) electrons. The fraction of sp³-hybridized carbons (Fsp3) is 0.500. The first kappa shape index (κ1) is 12.1. The van der Waals surface area contributed by atoms with Crippen molar-refractivity contribution in [3.8, 4) is 0 Å². The lowest BCUT2D eigenvalue weighted by Crippen LogP contribution is -2.39. The van der Waals surface area contributed by atoms with Crippen molar-refractivity contribution in [1.29, 1.82) is 0 Å². The summed E-state index contributed by atoms with van der Waals surface area (Å²) >= 11 is 0. The quantitative estimate of drug-likeness (QED) is 0.607. The van der Waals surface area contributed by atoms with Gasteiger partial charge in [0.25, 0.3) is 11.9 Å². The number of aliphatic hydroxyl groups excluding tert-OH is 1. The molecule has 2 heterocycles. The molecule has 1 saturated heterocycles. The molecule has 1 fully saturated rings. The fourth-order valence-corrected chi connectivity index (χ4v) is 1.91. The zero-order chi connectivity index (χ0) is 12.6. The molecule has 0 aromatic carbocycles. The van der Waals surface area contributed by atoms with Crippen LogP contribution in [0.2, 0.25) is 0 Å². The number of hydrogen-bond acceptors (Lipinski definition) is 3. The molecule has 0 bridgehead atoms. The molecule has 1 N–H and O–H groups in total. The van der Waals surface area contributed by atoms with Crippen molar-refractivity contribution in [2.45, 2.75) is 18.9 Å². The number of anilines is 1. The lowest BCUT2D eigenvalue weighted by molar-refractivity contribution is 0.153. The molecule has 94 valence electrons. The van der Waals surface area contributed by atoms with Crippen LogP contribution in [0, 0.1) is 23.5 Å². The molecular weight excluding hydrogens is 240 g/mol. The highest BCUT2D eigenvalue weighted by Gasteiger charge is 2.28. The maximum atomic E-state index is 13.4. The Balaban J connectivity index is 2.43. The van der Waals surface area contributed by atoms with Crippen LogP contribution in [0.25, 0.3) is 0 Å². The Morgan fingerprint density at radius 3 is 2.24 bits per heavy atom. The standard InChI is InChI=1S/C10H10F4N2O/c11-6-8(7(12)10(14)15-9(6)13)16-3-1-2-5(17)4-16/h5,17H,1-4H2. The van der Waals surface area contributed by atoms with E-state index in [-0.39, 0.29) is 13.1 Å². The van der Waals surface area contributed by atoms with Crippen LogP contribution >= 0.6 is 0 Å². The number of aromatic nitrogens is 1. The summed E-state index contributed by atoms with van der Waals surface area (Å²) in [7, 11) is 0. The van der Waals surface area contributed by atoms with Crippen molar-refractivity contribution in [3.05, 3.63) is 23.5 Å². The minimum Gasteiger partial charge on any atom is -0.391 e. The van der Waals surface area contributed by atoms with Crippen LogP contribution in [0.1, 0.15) is 12.8 Å². The molecule has 0 aliphatic carbocycles. The number of halogens is 4. The number of pyridine rings is 1. The average molecular weight is 250 g/mol. The van der Waals surface area contributed by atoms with E-state index in [2.05, 4.69) is 4.98 Å². The molecule has 2 rings (SSSR count). The van der Waals surface area contributed by atoms with Crippen molar-refractivity contribution < 1.29 is 22.7 Å². The zero-order valence-corrected chi connectivity index (χ0v) is 8.76. The monoisotopic (exact) mass is 250 g/mol. The second kappa shape index (κ2) is 4.48. The minimum atomic E-state index is -1.68. The van der Waals surface area contributed by atoms with E-state index in [0.29, 0.717) is 12.8 Å². The Bertz CT molecular complexity index is 415. The van der Waals surface area contributed by atoms with Gasteiger partial charge < -0.3 is 10.0 Å². The SMILES string of the molecule is OC1CCCN(c2c(F)c(F)nc(F)c2F)C1. The smallest absolute Gasteiger partial charge is 0.253 e. The molecule has 1 unspecified atom stereocenters. The normalized spacial score (nSPS) is 20.8. The molecule has 0 spiro atoms. The summed E-state index contributed by atoms with van der Waals surface area (Å²) in [5.74, 6) is -6.42. The number of β-amino-alcohol motifs (C(OH)–C–C–N with tert-alkyl or cyclic N) is 1. The topological polar surface area (TPSA) is 36.4 Å². The summed E-state index contributed by atoms with van der Waals surface area (Å²) in [5.41, 5.74) is -0.797. The number of piperidine rings is 1. The highest BCUT2D eigenvalue weighted by atomic mass is 19.2. The predicted octanol–water partition coefficient (Wildman–Crippen LogP) is 1.60. The van der Waals surface area contributed by atoms with E-state index in [1.807, 2.05) is 0 Å². The fourth-order valence-electron chi connectivity index (χ4n) is 1.91. The van der Waals surface area contributed by atoms with Crippen LogP contribution in [0.5, 0.6) is 0 Å². The average Bonchev–Trinajstić information content (AvgIpc) is 2.27. The summed E-state index contributed by atoms with van der Waals surface area (Å²) in [5, 5.41) is 9.37. The van der Waals surface area contributed by atoms with Crippen LogP contribution in [0.15, 0.2) is 0 Å². The lowest BCUT2D eigenvalue weighted by Gasteiger charge is -2.32. The maximum Gasteiger partial charge on any atom is 0.253 e. The summed E-state index contributed by atoms with van der Waals surface area (Å²) in [4.78, 5) is 3.56. The third-order valence-electron chi connectivity index (χ3n) is 2.69. The number of aliphatic hydroxyl groups is 1. The first-order valence-electron chi connectivity index (χ1n) is 5.13. The Kier molecular flexibility index (Phi) is 3.19. The molecule has 0 amide bonds. The Labute approximate surface area is 94.7 Å². The van der Waals surface area contributed by atoms with Gasteiger partial charge in [-0.15, -0.1) is 0 Å². The van der Waals surface area contributed by atoms with Gasteiger partial charge in [-0.2, -0.15) is 22.5 Å². The van der Waals surface area contributed by atoms with Crippen molar-refractivity contribution in [2.24, 2.45) is 0 Å². The molecule has 1 atom stereocenters. The Morgan fingerprint density at radius 1 is 1.12 bits per heavy atom. The van der Waals surface area contributed by atoms with Crippen LogP contribution in [-0.4, -0.2) is 29.3 Å². The summed E-state index contributed by atoms with van der Waals surface area (Å²) in [6.45, 7) is 0.171. The van der Waals surface area contributed by atoms with E-state index in [1.54, 1.807) is 0 Å². The van der Waals surface area contributed by atoms with Gasteiger partial charge in [0, 0.05) is 13.1 Å². The molecule has 1 aromatic heterocycles. The van der Waals surface area contributed by atoms with Crippen LogP contribution in [-0.2, 0) is 0 Å². The number of hydrogen-bond donors (Lipinski definition) is 1. The first-order chi connectivity index (χ1) is 8.00. The molecule has 7 heteroatoms. The molecule has 1 aromatic rings. The molecule has 1 aliphatic rings. The third kappa shape index (κ3) is 2.19. The van der Waals surface area contributed by atoms with Crippen molar-refractivity contribution in [2.75, 3.05) is 18.0 Å². The van der Waals surface area contributed by atoms with Gasteiger partial charge in [0.15, 0.2) is 0 Å². The molecule has 3 nitrogen and oxygen atoms in total. The number of nitrogens with zero attached hydrogens (tertiary/aromatic N) is 2. The van der Waals surface area contributed by atoms with Crippen LogP contribution < -0.4 is 4.90 Å². The summed E-state index contributed by atoms with van der Waals surface area (Å²) < 4.78 is 52.6. The lowest BCUT2D eigenvalue weighted by atomic mass is 10.1. The minimum absolute atomic E-state index is 0.0588. The van der Waals surface area contributed by atoms with Gasteiger partial charge in [-0.25, -0.2) is 0 Å². The van der Waals surface area contributed by atoms with Crippen molar-refractivity contribution >= 4 is 5.69 Å². The van der Waals surface area contributed by atoms with Gasteiger partial charge in [-0.3, -0.25) is 0 Å². The second-order valence-electron chi connectivity index (χ2n) is 3.91. The first-order valence-corrected chi connectivity index (χ1v) is 5.13. The predicted molar refractivity (Wildman–Crippen MR) is 51.5 cm³/mol. The van der Waals surface area contributed by atoms with E-state index < -0.39 is 35.3 Å². The Hall–Kier alpha value is -1.37. The summed E-state index contributed by atoms with van der Waals surface area (Å²) in [6.07, 6.45) is 0.225. The van der Waals surface area contributed by atoms with E-state index in [0.717, 1.165) is 4.90 Å².